The van der Waals surface area contributed by atoms with Gasteiger partial charge in [-0.25, -0.2) is 8.42 Å². The summed E-state index contributed by atoms with van der Waals surface area (Å²) in [5, 5.41) is 4.34. The summed E-state index contributed by atoms with van der Waals surface area (Å²) in [5.74, 6) is -1.01. The number of rotatable bonds is 4. The first-order valence-electron chi connectivity index (χ1n) is 10.1. The van der Waals surface area contributed by atoms with E-state index in [2.05, 4.69) is 5.32 Å². The predicted octanol–water partition coefficient (Wildman–Crippen LogP) is 4.90. The van der Waals surface area contributed by atoms with Gasteiger partial charge in [0.1, 0.15) is 0 Å². The van der Waals surface area contributed by atoms with Crippen molar-refractivity contribution < 1.29 is 26.4 Å². The molecule has 3 aromatic carbocycles. The number of alkyl halides is 3. The molecule has 0 aliphatic carbocycles. The molecule has 3 aromatic rings. The van der Waals surface area contributed by atoms with Gasteiger partial charge in [0.2, 0.25) is 15.9 Å². The van der Waals surface area contributed by atoms with E-state index >= 15 is 0 Å². The van der Waals surface area contributed by atoms with E-state index in [0.29, 0.717) is 19.4 Å². The van der Waals surface area contributed by atoms with E-state index < -0.39 is 33.6 Å². The van der Waals surface area contributed by atoms with Crippen molar-refractivity contribution in [3.8, 4) is 0 Å². The minimum absolute atomic E-state index is 0.0155. The van der Waals surface area contributed by atoms with Crippen LogP contribution in [0.5, 0.6) is 0 Å². The molecular formula is C23H21F3N2O3S. The fraction of sp³-hybridized carbons (Fsp3) is 0.261. The molecule has 0 saturated carbocycles. The predicted molar refractivity (Wildman–Crippen MR) is 116 cm³/mol. The van der Waals surface area contributed by atoms with Crippen molar-refractivity contribution in [2.75, 3.05) is 18.4 Å². The number of carbonyl (C=O) groups is 1. The average molecular weight is 462 g/mol. The Morgan fingerprint density at radius 1 is 0.969 bits per heavy atom. The van der Waals surface area contributed by atoms with Crippen LogP contribution in [0.3, 0.4) is 0 Å². The van der Waals surface area contributed by atoms with E-state index in [4.69, 9.17) is 0 Å². The minimum Gasteiger partial charge on any atom is -0.326 e. The number of benzene rings is 3. The lowest BCUT2D eigenvalue weighted by Gasteiger charge is -2.31. The Kier molecular flexibility index (Phi) is 5.96. The van der Waals surface area contributed by atoms with Crippen LogP contribution in [0, 0.1) is 5.92 Å². The van der Waals surface area contributed by atoms with Gasteiger partial charge in [-0.05, 0) is 60.0 Å². The number of halogens is 3. The summed E-state index contributed by atoms with van der Waals surface area (Å²) in [5.41, 5.74) is -0.571. The van der Waals surface area contributed by atoms with Crippen LogP contribution < -0.4 is 5.32 Å². The Morgan fingerprint density at radius 3 is 2.34 bits per heavy atom. The highest BCUT2D eigenvalue weighted by Crippen LogP contribution is 2.30. The number of amides is 1. The molecule has 0 spiro atoms. The highest BCUT2D eigenvalue weighted by Gasteiger charge is 2.34. The number of carbonyl (C=O) groups excluding carboxylic acids is 1. The lowest BCUT2D eigenvalue weighted by Crippen LogP contribution is -2.43. The molecule has 4 rings (SSSR count). The van der Waals surface area contributed by atoms with Crippen molar-refractivity contribution in [1.29, 1.82) is 0 Å². The van der Waals surface area contributed by atoms with E-state index in [1.165, 1.54) is 16.4 Å². The summed E-state index contributed by atoms with van der Waals surface area (Å²) in [6.45, 7) is 0.320. The third-order valence-electron chi connectivity index (χ3n) is 5.59. The zero-order valence-corrected chi connectivity index (χ0v) is 17.8. The number of hydrogen-bond acceptors (Lipinski definition) is 3. The lowest BCUT2D eigenvalue weighted by atomic mass is 9.98. The molecule has 5 nitrogen and oxygen atoms in total. The summed E-state index contributed by atoms with van der Waals surface area (Å²) >= 11 is 0. The second-order valence-electron chi connectivity index (χ2n) is 7.78. The fourth-order valence-corrected chi connectivity index (χ4v) is 5.40. The van der Waals surface area contributed by atoms with Crippen molar-refractivity contribution in [3.63, 3.8) is 0 Å². The van der Waals surface area contributed by atoms with Gasteiger partial charge in [-0.2, -0.15) is 17.5 Å². The quantitative estimate of drug-likeness (QED) is 0.600. The first kappa shape index (κ1) is 22.3. The summed E-state index contributed by atoms with van der Waals surface area (Å²) in [6.07, 6.45) is -3.45. The molecule has 168 valence electrons. The van der Waals surface area contributed by atoms with E-state index in [0.717, 1.165) is 22.9 Å². The summed E-state index contributed by atoms with van der Waals surface area (Å²) in [4.78, 5) is 12.8. The molecule has 0 unspecified atom stereocenters. The largest absolute Gasteiger partial charge is 0.416 e. The first-order valence-corrected chi connectivity index (χ1v) is 11.6. The molecule has 1 aliphatic rings. The minimum atomic E-state index is -4.45. The second-order valence-corrected chi connectivity index (χ2v) is 9.71. The van der Waals surface area contributed by atoms with Crippen LogP contribution in [0.1, 0.15) is 18.4 Å². The second kappa shape index (κ2) is 8.55. The third-order valence-corrected chi connectivity index (χ3v) is 7.45. The van der Waals surface area contributed by atoms with Crippen LogP contribution in [0.25, 0.3) is 10.8 Å². The third kappa shape index (κ3) is 4.63. The first-order chi connectivity index (χ1) is 15.1. The number of nitrogens with zero attached hydrogens (tertiary/aromatic N) is 1. The molecule has 1 N–H and O–H groups in total. The van der Waals surface area contributed by atoms with Crippen molar-refractivity contribution >= 4 is 32.4 Å². The topological polar surface area (TPSA) is 66.5 Å². The molecule has 1 amide bonds. The highest BCUT2D eigenvalue weighted by atomic mass is 32.2. The molecule has 1 atom stereocenters. The Labute approximate surface area is 183 Å². The normalized spacial score (nSPS) is 17.9. The summed E-state index contributed by atoms with van der Waals surface area (Å²) < 4.78 is 65.8. The molecule has 0 aromatic heterocycles. The number of piperidine rings is 1. The van der Waals surface area contributed by atoms with Crippen LogP contribution >= 0.6 is 0 Å². The van der Waals surface area contributed by atoms with E-state index in [1.54, 1.807) is 18.2 Å². The fourth-order valence-electron chi connectivity index (χ4n) is 3.84. The molecule has 1 fully saturated rings. The van der Waals surface area contributed by atoms with Crippen molar-refractivity contribution in [2.24, 2.45) is 5.92 Å². The van der Waals surface area contributed by atoms with Crippen molar-refractivity contribution in [1.82, 2.24) is 4.31 Å². The maximum Gasteiger partial charge on any atom is 0.416 e. The molecule has 1 heterocycles. The van der Waals surface area contributed by atoms with E-state index in [9.17, 15) is 26.4 Å². The average Bonchev–Trinajstić information content (AvgIpc) is 2.78. The number of sulfonamides is 1. The zero-order valence-electron chi connectivity index (χ0n) is 17.0. The van der Waals surface area contributed by atoms with Crippen LogP contribution in [0.4, 0.5) is 18.9 Å². The summed E-state index contributed by atoms with van der Waals surface area (Å²) in [7, 11) is -3.79. The van der Waals surface area contributed by atoms with Gasteiger partial charge < -0.3 is 5.32 Å². The van der Waals surface area contributed by atoms with Gasteiger partial charge >= 0.3 is 6.18 Å². The zero-order chi connectivity index (χ0) is 22.9. The highest BCUT2D eigenvalue weighted by molar-refractivity contribution is 7.89. The van der Waals surface area contributed by atoms with Gasteiger partial charge in [0.05, 0.1) is 16.4 Å². The monoisotopic (exact) mass is 462 g/mol. The lowest BCUT2D eigenvalue weighted by molar-refractivity contribution is -0.137. The molecule has 32 heavy (non-hydrogen) atoms. The standard InChI is InChI=1S/C23H21F3N2O3S/c24-23(25,26)19-8-10-20(11-9-19)27-22(29)18-6-3-13-28(15-18)32(30,31)21-12-7-16-4-1-2-5-17(16)14-21/h1-2,4-5,7-12,14,18H,3,6,13,15H2,(H,27,29)/t18-/m1/s1. The SMILES string of the molecule is O=C(Nc1ccc(C(F)(F)F)cc1)[C@@H]1CCCN(S(=O)(=O)c2ccc3ccccc3c2)C1. The van der Waals surface area contributed by atoms with Crippen LogP contribution in [0.15, 0.2) is 71.6 Å². The smallest absolute Gasteiger partial charge is 0.326 e. The van der Waals surface area contributed by atoms with Gasteiger partial charge in [0.15, 0.2) is 0 Å². The molecule has 9 heteroatoms. The van der Waals surface area contributed by atoms with Gasteiger partial charge in [-0.3, -0.25) is 4.79 Å². The van der Waals surface area contributed by atoms with Crippen molar-refractivity contribution in [3.05, 3.63) is 72.3 Å². The Balaban J connectivity index is 1.47. The molecule has 0 bridgehead atoms. The number of nitrogens with one attached hydrogen (secondary N) is 1. The van der Waals surface area contributed by atoms with Gasteiger partial charge in [-0.1, -0.05) is 30.3 Å². The Morgan fingerprint density at radius 2 is 1.66 bits per heavy atom. The van der Waals surface area contributed by atoms with Gasteiger partial charge in [-0.15, -0.1) is 0 Å². The molecular weight excluding hydrogens is 441 g/mol. The number of fused-ring (bicyclic) bond motifs is 1. The van der Waals surface area contributed by atoms with Crippen LogP contribution in [0.2, 0.25) is 0 Å². The van der Waals surface area contributed by atoms with Crippen LogP contribution in [-0.4, -0.2) is 31.7 Å². The maximum absolute atomic E-state index is 13.2. The van der Waals surface area contributed by atoms with Gasteiger partial charge in [0.25, 0.3) is 0 Å². The van der Waals surface area contributed by atoms with E-state index in [1.807, 2.05) is 24.3 Å². The number of anilines is 1. The molecule has 1 aliphatic heterocycles. The number of hydrogen-bond donors (Lipinski definition) is 1. The summed E-state index contributed by atoms with van der Waals surface area (Å²) in [6, 6.07) is 16.5. The maximum atomic E-state index is 13.2. The Bertz CT molecular complexity index is 1240. The van der Waals surface area contributed by atoms with E-state index in [-0.39, 0.29) is 17.1 Å². The van der Waals surface area contributed by atoms with Crippen LogP contribution in [-0.2, 0) is 21.0 Å². The molecule has 1 saturated heterocycles. The Hall–Kier alpha value is -2.91. The van der Waals surface area contributed by atoms with Gasteiger partial charge in [0, 0.05) is 18.8 Å². The van der Waals surface area contributed by atoms with Crippen molar-refractivity contribution in [2.45, 2.75) is 23.9 Å². The molecule has 0 radical (unpaired) electrons.